The highest BCUT2D eigenvalue weighted by molar-refractivity contribution is 5.89. The highest BCUT2D eigenvalue weighted by atomic mass is 15.4. The van der Waals surface area contributed by atoms with Gasteiger partial charge in [-0.3, -0.25) is 4.99 Å². The van der Waals surface area contributed by atoms with Gasteiger partial charge in [-0.1, -0.05) is 50.1 Å². The van der Waals surface area contributed by atoms with Gasteiger partial charge < -0.3 is 10.6 Å². The third kappa shape index (κ3) is 4.25. The van der Waals surface area contributed by atoms with E-state index in [1.165, 1.54) is 43.2 Å². The fraction of sp³-hybridized carbons (Fsp3) is 0.360. The van der Waals surface area contributed by atoms with Crippen molar-refractivity contribution in [1.82, 2.24) is 9.78 Å². The summed E-state index contributed by atoms with van der Waals surface area (Å²) >= 11 is 0. The molecule has 1 aromatic heterocycles. The normalized spacial score (nSPS) is 16.8. The zero-order valence-corrected chi connectivity index (χ0v) is 18.2. The van der Waals surface area contributed by atoms with Gasteiger partial charge in [-0.2, -0.15) is 0 Å². The molecule has 1 aliphatic heterocycles. The van der Waals surface area contributed by atoms with Crippen molar-refractivity contribution in [3.63, 3.8) is 0 Å². The van der Waals surface area contributed by atoms with Gasteiger partial charge in [0, 0.05) is 29.4 Å². The largest absolute Gasteiger partial charge is 0.343 e. The highest BCUT2D eigenvalue weighted by Gasteiger charge is 2.21. The van der Waals surface area contributed by atoms with Crippen LogP contribution >= 0.6 is 0 Å². The number of nitrogens with zero attached hydrogens (tertiary/aromatic N) is 3. The summed E-state index contributed by atoms with van der Waals surface area (Å²) in [5.41, 5.74) is 6.59. The molecule has 0 atom stereocenters. The lowest BCUT2D eigenvalue weighted by molar-refractivity contribution is 0.443. The second-order valence-electron chi connectivity index (χ2n) is 8.40. The molecule has 2 heterocycles. The van der Waals surface area contributed by atoms with E-state index in [-0.39, 0.29) is 0 Å². The minimum Gasteiger partial charge on any atom is -0.343 e. The molecule has 1 aromatic carbocycles. The van der Waals surface area contributed by atoms with Crippen LogP contribution in [0, 0.1) is 6.92 Å². The average Bonchev–Trinajstić information content (AvgIpc) is 3.08. The number of aliphatic imine (C=N–C) groups is 1. The number of rotatable bonds is 5. The molecule has 2 aliphatic rings. The van der Waals surface area contributed by atoms with E-state index in [1.54, 1.807) is 12.4 Å². The summed E-state index contributed by atoms with van der Waals surface area (Å²) in [4.78, 5) is 4.25. The highest BCUT2D eigenvalue weighted by Crippen LogP contribution is 2.36. The summed E-state index contributed by atoms with van der Waals surface area (Å²) in [5.74, 6) is 2.46. The van der Waals surface area contributed by atoms with Crippen molar-refractivity contribution < 1.29 is 0 Å². The molecule has 5 heteroatoms. The summed E-state index contributed by atoms with van der Waals surface area (Å²) in [7, 11) is 0. The summed E-state index contributed by atoms with van der Waals surface area (Å²) in [6.07, 6.45) is 12.3. The lowest BCUT2D eigenvalue weighted by atomic mass is 9.84. The molecule has 0 radical (unpaired) electrons. The molecule has 1 fully saturated rings. The summed E-state index contributed by atoms with van der Waals surface area (Å²) in [5, 5.41) is 11.4. The van der Waals surface area contributed by atoms with Crippen molar-refractivity contribution in [2.24, 2.45) is 4.99 Å². The number of hydrogen-bond acceptors (Lipinski definition) is 4. The lowest BCUT2D eigenvalue weighted by Gasteiger charge is -2.23. The Hall–Kier alpha value is -3.08. The molecule has 1 aliphatic carbocycles. The van der Waals surface area contributed by atoms with Crippen LogP contribution in [0.2, 0.25) is 0 Å². The molecule has 0 saturated heterocycles. The van der Waals surface area contributed by atoms with Gasteiger partial charge in [-0.25, -0.2) is 4.68 Å². The maximum Gasteiger partial charge on any atom is 0.157 e. The zero-order chi connectivity index (χ0) is 21.1. The molecule has 30 heavy (non-hydrogen) atoms. The number of anilines is 2. The van der Waals surface area contributed by atoms with Crippen molar-refractivity contribution in [3.05, 3.63) is 66.0 Å². The molecule has 0 amide bonds. The Bertz CT molecular complexity index is 1010. The molecule has 5 nitrogen and oxygen atoms in total. The first kappa shape index (κ1) is 20.2. The zero-order valence-electron chi connectivity index (χ0n) is 18.2. The summed E-state index contributed by atoms with van der Waals surface area (Å²) in [6.45, 7) is 10.2. The van der Waals surface area contributed by atoms with Crippen LogP contribution in [0.4, 0.5) is 11.6 Å². The van der Waals surface area contributed by atoms with Crippen molar-refractivity contribution >= 4 is 28.7 Å². The van der Waals surface area contributed by atoms with Crippen LogP contribution in [0.3, 0.4) is 0 Å². The minimum atomic E-state index is 0.724. The van der Waals surface area contributed by atoms with E-state index in [9.17, 15) is 0 Å². The van der Waals surface area contributed by atoms with Gasteiger partial charge in [0.15, 0.2) is 5.82 Å². The first-order valence-electron chi connectivity index (χ1n) is 10.8. The van der Waals surface area contributed by atoms with Crippen LogP contribution in [0.15, 0.2) is 54.3 Å². The van der Waals surface area contributed by atoms with Gasteiger partial charge in [-0.05, 0) is 56.7 Å². The van der Waals surface area contributed by atoms with Gasteiger partial charge in [0.05, 0.1) is 5.70 Å². The van der Waals surface area contributed by atoms with Crippen LogP contribution in [0.25, 0.3) is 11.4 Å². The smallest absolute Gasteiger partial charge is 0.157 e. The SMILES string of the molecule is C=C1C=C(c2ccc(C3CCCCC3)cc2)Nc2c(C)c(N/C=C\N=C(C)C)nn21. The van der Waals surface area contributed by atoms with Crippen LogP contribution in [-0.2, 0) is 0 Å². The second kappa shape index (κ2) is 8.74. The van der Waals surface area contributed by atoms with Gasteiger partial charge >= 0.3 is 0 Å². The monoisotopic (exact) mass is 401 g/mol. The first-order chi connectivity index (χ1) is 14.5. The van der Waals surface area contributed by atoms with E-state index in [0.717, 1.165) is 40.2 Å². The van der Waals surface area contributed by atoms with Crippen molar-refractivity contribution in [2.75, 3.05) is 10.6 Å². The van der Waals surface area contributed by atoms with Crippen LogP contribution in [-0.4, -0.2) is 15.5 Å². The molecule has 2 aromatic rings. The molecular weight excluding hydrogens is 370 g/mol. The Morgan fingerprint density at radius 2 is 1.93 bits per heavy atom. The number of benzene rings is 1. The van der Waals surface area contributed by atoms with E-state index < -0.39 is 0 Å². The topological polar surface area (TPSA) is 54.2 Å². The summed E-state index contributed by atoms with van der Waals surface area (Å²) in [6, 6.07) is 9.04. The third-order valence-electron chi connectivity index (χ3n) is 5.88. The lowest BCUT2D eigenvalue weighted by Crippen LogP contribution is -2.12. The number of hydrogen-bond donors (Lipinski definition) is 2. The molecular formula is C25H31N5. The Morgan fingerprint density at radius 1 is 1.20 bits per heavy atom. The number of fused-ring (bicyclic) bond motifs is 1. The van der Waals surface area contributed by atoms with E-state index in [1.807, 2.05) is 18.5 Å². The van der Waals surface area contributed by atoms with Crippen molar-refractivity contribution in [1.29, 1.82) is 0 Å². The van der Waals surface area contributed by atoms with E-state index in [0.29, 0.717) is 0 Å². The Morgan fingerprint density at radius 3 is 2.63 bits per heavy atom. The van der Waals surface area contributed by atoms with Crippen LogP contribution < -0.4 is 10.6 Å². The second-order valence-corrected chi connectivity index (χ2v) is 8.40. The molecule has 0 bridgehead atoms. The minimum absolute atomic E-state index is 0.724. The maximum atomic E-state index is 4.65. The summed E-state index contributed by atoms with van der Waals surface area (Å²) < 4.78 is 1.85. The predicted molar refractivity (Wildman–Crippen MR) is 128 cm³/mol. The Labute approximate surface area is 179 Å². The standard InChI is InChI=1S/C25H31N5/c1-17(2)26-14-15-27-24-19(4)25-28-23(16-18(3)30(25)29-24)22-12-10-21(11-13-22)20-8-6-5-7-9-20/h10-16,20,28H,3,5-9H2,1-2,4H3,(H,27,29)/b15-14-. The third-order valence-corrected chi connectivity index (χ3v) is 5.88. The quantitative estimate of drug-likeness (QED) is 0.559. The molecule has 1 saturated carbocycles. The molecule has 156 valence electrons. The Kier molecular flexibility index (Phi) is 5.88. The van der Waals surface area contributed by atoms with Gasteiger partial charge in [-0.15, -0.1) is 5.10 Å². The fourth-order valence-corrected chi connectivity index (χ4v) is 4.21. The van der Waals surface area contributed by atoms with E-state index >= 15 is 0 Å². The van der Waals surface area contributed by atoms with Crippen LogP contribution in [0.1, 0.15) is 68.6 Å². The number of nitrogens with one attached hydrogen (secondary N) is 2. The van der Waals surface area contributed by atoms with Gasteiger partial charge in [0.1, 0.15) is 5.82 Å². The molecule has 0 unspecified atom stereocenters. The van der Waals surface area contributed by atoms with Crippen LogP contribution in [0.5, 0.6) is 0 Å². The molecule has 2 N–H and O–H groups in total. The fourth-order valence-electron chi connectivity index (χ4n) is 4.21. The Balaban J connectivity index is 1.51. The first-order valence-corrected chi connectivity index (χ1v) is 10.8. The van der Waals surface area contributed by atoms with E-state index in [4.69, 9.17) is 0 Å². The maximum absolute atomic E-state index is 4.65. The number of aromatic nitrogens is 2. The van der Waals surface area contributed by atoms with Gasteiger partial charge in [0.2, 0.25) is 0 Å². The molecule has 4 rings (SSSR count). The number of allylic oxidation sites excluding steroid dienone is 2. The van der Waals surface area contributed by atoms with Crippen molar-refractivity contribution in [3.8, 4) is 0 Å². The van der Waals surface area contributed by atoms with E-state index in [2.05, 4.69) is 64.6 Å². The van der Waals surface area contributed by atoms with Gasteiger partial charge in [0.25, 0.3) is 0 Å². The van der Waals surface area contributed by atoms with Crippen molar-refractivity contribution in [2.45, 2.75) is 58.8 Å². The molecule has 0 spiro atoms. The predicted octanol–water partition coefficient (Wildman–Crippen LogP) is 6.54. The average molecular weight is 402 g/mol.